The first-order valence-corrected chi connectivity index (χ1v) is 10.6. The van der Waals surface area contributed by atoms with Crippen LogP contribution in [-0.2, 0) is 16.6 Å². The summed E-state index contributed by atoms with van der Waals surface area (Å²) in [6, 6.07) is 17.3. The van der Waals surface area contributed by atoms with Crippen LogP contribution >= 0.6 is 0 Å². The number of hydrogen-bond donors (Lipinski definition) is 1. The molecule has 0 saturated carbocycles. The van der Waals surface area contributed by atoms with Gasteiger partial charge in [-0.15, -0.1) is 0 Å². The highest BCUT2D eigenvalue weighted by atomic mass is 16.5. The third-order valence-corrected chi connectivity index (χ3v) is 5.27. The zero-order valence-electron chi connectivity index (χ0n) is 19.0. The van der Waals surface area contributed by atoms with E-state index in [0.717, 1.165) is 28.2 Å². The van der Waals surface area contributed by atoms with Crippen molar-refractivity contribution in [2.24, 2.45) is 0 Å². The molecule has 7 nitrogen and oxygen atoms in total. The third kappa shape index (κ3) is 4.46. The highest BCUT2D eigenvalue weighted by Crippen LogP contribution is 2.25. The lowest BCUT2D eigenvalue weighted by atomic mass is 9.97. The van der Waals surface area contributed by atoms with Gasteiger partial charge in [0.2, 0.25) is 17.6 Å². The monoisotopic (exact) mass is 429 g/mol. The quantitative estimate of drug-likeness (QED) is 0.481. The second kappa shape index (κ2) is 8.42. The van der Waals surface area contributed by atoms with E-state index in [0.29, 0.717) is 17.4 Å². The zero-order valence-corrected chi connectivity index (χ0v) is 19.0. The van der Waals surface area contributed by atoms with Crippen LogP contribution in [0.3, 0.4) is 0 Å². The van der Waals surface area contributed by atoms with Gasteiger partial charge in [0.1, 0.15) is 0 Å². The fraction of sp³-hybridized carbons (Fsp3) is 0.280. The molecule has 0 unspecified atom stereocenters. The number of aryl methyl sites for hydroxylation is 1. The molecule has 0 radical (unpaired) electrons. The number of rotatable bonds is 5. The van der Waals surface area contributed by atoms with Crippen molar-refractivity contribution in [3.63, 3.8) is 0 Å². The molecule has 0 fully saturated rings. The molecule has 2 heterocycles. The molecule has 2 aromatic heterocycles. The molecule has 0 spiro atoms. The van der Waals surface area contributed by atoms with Crippen LogP contribution in [0.2, 0.25) is 0 Å². The Morgan fingerprint density at radius 3 is 2.34 bits per heavy atom. The average molecular weight is 430 g/mol. The number of carbonyl (C=O) groups excluding carboxylic acids is 1. The highest BCUT2D eigenvalue weighted by molar-refractivity contribution is 5.92. The Morgan fingerprint density at radius 1 is 1.03 bits per heavy atom. The molecule has 0 atom stereocenters. The van der Waals surface area contributed by atoms with Crippen molar-refractivity contribution in [1.29, 1.82) is 0 Å². The Balaban J connectivity index is 1.45. The number of anilines is 1. The summed E-state index contributed by atoms with van der Waals surface area (Å²) in [4.78, 5) is 17.2. The van der Waals surface area contributed by atoms with Crippen molar-refractivity contribution < 1.29 is 9.32 Å². The molecule has 32 heavy (non-hydrogen) atoms. The summed E-state index contributed by atoms with van der Waals surface area (Å²) in [5, 5.41) is 11.6. The van der Waals surface area contributed by atoms with Gasteiger partial charge in [0.05, 0.1) is 17.8 Å². The van der Waals surface area contributed by atoms with Crippen molar-refractivity contribution in [3.8, 4) is 17.1 Å². The lowest BCUT2D eigenvalue weighted by molar-refractivity contribution is -0.115. The van der Waals surface area contributed by atoms with E-state index in [9.17, 15) is 4.79 Å². The molecule has 7 heteroatoms. The maximum Gasteiger partial charge on any atom is 0.232 e. The van der Waals surface area contributed by atoms with E-state index in [-0.39, 0.29) is 17.7 Å². The number of amides is 1. The Hall–Kier alpha value is -3.74. The van der Waals surface area contributed by atoms with Gasteiger partial charge in [-0.1, -0.05) is 44.1 Å². The van der Waals surface area contributed by atoms with Gasteiger partial charge in [-0.25, -0.2) is 4.68 Å². The van der Waals surface area contributed by atoms with Crippen LogP contribution in [0.1, 0.15) is 43.6 Å². The van der Waals surface area contributed by atoms with Gasteiger partial charge in [0.15, 0.2) is 0 Å². The predicted octanol–water partition coefficient (Wildman–Crippen LogP) is 5.02. The molecule has 4 rings (SSSR count). The second-order valence-corrected chi connectivity index (χ2v) is 8.87. The van der Waals surface area contributed by atoms with Gasteiger partial charge in [0.25, 0.3) is 0 Å². The van der Waals surface area contributed by atoms with E-state index in [4.69, 9.17) is 4.52 Å². The number of aromatic nitrogens is 4. The van der Waals surface area contributed by atoms with Crippen LogP contribution in [0.4, 0.5) is 5.69 Å². The molecule has 1 amide bonds. The Labute approximate surface area is 187 Å². The van der Waals surface area contributed by atoms with E-state index < -0.39 is 0 Å². The van der Waals surface area contributed by atoms with Crippen molar-refractivity contribution in [2.45, 2.75) is 46.5 Å². The standard InChI is InChI=1S/C25H27N5O2/c1-16-21(17(2)30(28-16)20-9-7-6-8-10-20)15-22(31)26-19-13-11-18(12-14-19)23-27-24(32-29-23)25(3,4)5/h6-14H,15H2,1-5H3,(H,26,31). The summed E-state index contributed by atoms with van der Waals surface area (Å²) in [5.41, 5.74) is 5.07. The normalized spacial score (nSPS) is 11.5. The van der Waals surface area contributed by atoms with Crippen molar-refractivity contribution in [2.75, 3.05) is 5.32 Å². The summed E-state index contributed by atoms with van der Waals surface area (Å²) >= 11 is 0. The molecule has 0 bridgehead atoms. The minimum Gasteiger partial charge on any atom is -0.338 e. The maximum atomic E-state index is 12.7. The van der Waals surface area contributed by atoms with Gasteiger partial charge >= 0.3 is 0 Å². The minimum atomic E-state index is -0.205. The Bertz CT molecular complexity index is 1230. The molecule has 1 N–H and O–H groups in total. The largest absolute Gasteiger partial charge is 0.338 e. The van der Waals surface area contributed by atoms with E-state index in [1.165, 1.54) is 0 Å². The summed E-state index contributed by atoms with van der Waals surface area (Å²) in [6.07, 6.45) is 0.256. The van der Waals surface area contributed by atoms with Crippen molar-refractivity contribution in [1.82, 2.24) is 19.9 Å². The molecule has 2 aromatic carbocycles. The first kappa shape index (κ1) is 21.5. The van der Waals surface area contributed by atoms with Crippen molar-refractivity contribution >= 4 is 11.6 Å². The van der Waals surface area contributed by atoms with Crippen LogP contribution in [0.25, 0.3) is 17.1 Å². The smallest absolute Gasteiger partial charge is 0.232 e. The first-order valence-electron chi connectivity index (χ1n) is 10.6. The van der Waals surface area contributed by atoms with Crippen LogP contribution in [0.5, 0.6) is 0 Å². The molecular formula is C25H27N5O2. The van der Waals surface area contributed by atoms with Gasteiger partial charge < -0.3 is 9.84 Å². The summed E-state index contributed by atoms with van der Waals surface area (Å²) < 4.78 is 7.24. The van der Waals surface area contributed by atoms with E-state index >= 15 is 0 Å². The lowest BCUT2D eigenvalue weighted by Gasteiger charge is -2.10. The topological polar surface area (TPSA) is 85.8 Å². The average Bonchev–Trinajstić information content (AvgIpc) is 3.36. The van der Waals surface area contributed by atoms with Crippen LogP contribution in [0.15, 0.2) is 59.1 Å². The number of para-hydroxylation sites is 1. The van der Waals surface area contributed by atoms with E-state index in [1.54, 1.807) is 0 Å². The second-order valence-electron chi connectivity index (χ2n) is 8.87. The minimum absolute atomic E-state index is 0.0915. The fourth-order valence-electron chi connectivity index (χ4n) is 3.47. The van der Waals surface area contributed by atoms with Gasteiger partial charge in [-0.3, -0.25) is 4.79 Å². The molecule has 0 aliphatic heterocycles. The third-order valence-electron chi connectivity index (χ3n) is 5.27. The number of nitrogens with one attached hydrogen (secondary N) is 1. The maximum absolute atomic E-state index is 12.7. The Morgan fingerprint density at radius 2 is 1.72 bits per heavy atom. The SMILES string of the molecule is Cc1nn(-c2ccccc2)c(C)c1CC(=O)Nc1ccc(-c2noc(C(C)(C)C)n2)cc1. The fourth-order valence-corrected chi connectivity index (χ4v) is 3.47. The summed E-state index contributed by atoms with van der Waals surface area (Å²) in [6.45, 7) is 9.99. The highest BCUT2D eigenvalue weighted by Gasteiger charge is 2.22. The van der Waals surface area contributed by atoms with Crippen molar-refractivity contribution in [3.05, 3.63) is 77.4 Å². The van der Waals surface area contributed by atoms with Gasteiger partial charge in [0, 0.05) is 27.9 Å². The number of carbonyl (C=O) groups is 1. The lowest BCUT2D eigenvalue weighted by Crippen LogP contribution is -2.15. The Kier molecular flexibility index (Phi) is 5.65. The van der Waals surface area contributed by atoms with Crippen LogP contribution < -0.4 is 5.32 Å². The predicted molar refractivity (Wildman–Crippen MR) is 124 cm³/mol. The number of hydrogen-bond acceptors (Lipinski definition) is 5. The van der Waals surface area contributed by atoms with Gasteiger partial charge in [-0.2, -0.15) is 10.1 Å². The first-order chi connectivity index (χ1) is 15.2. The van der Waals surface area contributed by atoms with Crippen LogP contribution in [0, 0.1) is 13.8 Å². The number of benzene rings is 2. The molecule has 164 valence electrons. The zero-order chi connectivity index (χ0) is 22.9. The molecular weight excluding hydrogens is 402 g/mol. The van der Waals surface area contributed by atoms with Crippen LogP contribution in [-0.4, -0.2) is 25.8 Å². The molecule has 0 aliphatic rings. The van der Waals surface area contributed by atoms with E-state index in [1.807, 2.05) is 93.9 Å². The number of nitrogens with zero attached hydrogens (tertiary/aromatic N) is 4. The molecule has 0 saturated heterocycles. The summed E-state index contributed by atoms with van der Waals surface area (Å²) in [5.74, 6) is 1.03. The van der Waals surface area contributed by atoms with E-state index in [2.05, 4.69) is 20.6 Å². The molecule has 4 aromatic rings. The summed E-state index contributed by atoms with van der Waals surface area (Å²) in [7, 11) is 0. The molecule has 0 aliphatic carbocycles. The van der Waals surface area contributed by atoms with Gasteiger partial charge in [-0.05, 0) is 50.2 Å².